The zero-order valence-corrected chi connectivity index (χ0v) is 5.95. The molecule has 0 unspecified atom stereocenters. The van der Waals surface area contributed by atoms with E-state index in [1.807, 2.05) is 6.21 Å². The van der Waals surface area contributed by atoms with Crippen molar-refractivity contribution in [1.82, 2.24) is 0 Å². The lowest BCUT2D eigenvalue weighted by Crippen LogP contribution is -2.30. The van der Waals surface area contributed by atoms with Gasteiger partial charge in [0.25, 0.3) is 0 Å². The monoisotopic (exact) mass is 141 g/mol. The first-order valence-corrected chi connectivity index (χ1v) is 3.39. The van der Waals surface area contributed by atoms with Crippen LogP contribution < -0.4 is 0 Å². The smallest absolute Gasteiger partial charge is 0.306 e. The van der Waals surface area contributed by atoms with E-state index >= 15 is 0 Å². The van der Waals surface area contributed by atoms with E-state index in [1.165, 1.54) is 0 Å². The standard InChI is InChI=1S/C7H11NO2/c1-8-4-5-2-6(3-5)7(9)10/h4-6H,2-3H2,1H3,(H,9,10). The molecule has 0 aliphatic heterocycles. The predicted molar refractivity (Wildman–Crippen MR) is 38.3 cm³/mol. The zero-order chi connectivity index (χ0) is 7.56. The molecule has 1 aliphatic carbocycles. The normalized spacial score (nSPS) is 32.1. The molecule has 1 saturated carbocycles. The molecule has 0 atom stereocenters. The molecular weight excluding hydrogens is 130 g/mol. The van der Waals surface area contributed by atoms with Gasteiger partial charge in [0.2, 0.25) is 0 Å². The molecule has 0 saturated heterocycles. The van der Waals surface area contributed by atoms with Crippen molar-refractivity contribution in [3.8, 4) is 0 Å². The van der Waals surface area contributed by atoms with Crippen LogP contribution in [0.3, 0.4) is 0 Å². The van der Waals surface area contributed by atoms with Gasteiger partial charge in [-0.15, -0.1) is 0 Å². The fourth-order valence-corrected chi connectivity index (χ4v) is 1.20. The Morgan fingerprint density at radius 1 is 1.70 bits per heavy atom. The van der Waals surface area contributed by atoms with Gasteiger partial charge >= 0.3 is 5.97 Å². The van der Waals surface area contributed by atoms with Crippen LogP contribution in [0.15, 0.2) is 4.99 Å². The van der Waals surface area contributed by atoms with Gasteiger partial charge in [-0.05, 0) is 18.8 Å². The van der Waals surface area contributed by atoms with Crippen LogP contribution in [0.2, 0.25) is 0 Å². The van der Waals surface area contributed by atoms with Crippen molar-refractivity contribution >= 4 is 12.2 Å². The van der Waals surface area contributed by atoms with Crippen LogP contribution in [0.4, 0.5) is 0 Å². The molecule has 0 heterocycles. The fourth-order valence-electron chi connectivity index (χ4n) is 1.20. The van der Waals surface area contributed by atoms with E-state index in [1.54, 1.807) is 7.05 Å². The van der Waals surface area contributed by atoms with E-state index in [4.69, 9.17) is 5.11 Å². The average Bonchev–Trinajstić information content (AvgIpc) is 1.76. The number of carboxylic acid groups (broad SMARTS) is 1. The summed E-state index contributed by atoms with van der Waals surface area (Å²) in [6.45, 7) is 0. The Bertz CT molecular complexity index is 159. The van der Waals surface area contributed by atoms with Crippen molar-refractivity contribution in [2.24, 2.45) is 16.8 Å². The van der Waals surface area contributed by atoms with Gasteiger partial charge in [0, 0.05) is 13.3 Å². The Hall–Kier alpha value is -0.860. The summed E-state index contributed by atoms with van der Waals surface area (Å²) in [4.78, 5) is 14.1. The molecule has 0 spiro atoms. The molecule has 3 nitrogen and oxygen atoms in total. The molecule has 1 rings (SSSR count). The Balaban J connectivity index is 2.24. The molecule has 0 radical (unpaired) electrons. The highest BCUT2D eigenvalue weighted by atomic mass is 16.4. The lowest BCUT2D eigenvalue weighted by molar-refractivity contribution is -0.145. The number of aliphatic carboxylic acids is 1. The minimum atomic E-state index is -0.666. The summed E-state index contributed by atoms with van der Waals surface area (Å²) in [6.07, 6.45) is 3.37. The summed E-state index contributed by atoms with van der Waals surface area (Å²) in [6, 6.07) is 0. The van der Waals surface area contributed by atoms with E-state index < -0.39 is 5.97 Å². The first-order valence-electron chi connectivity index (χ1n) is 3.39. The number of aliphatic imine (C=N–C) groups is 1. The molecule has 56 valence electrons. The third-order valence-corrected chi connectivity index (χ3v) is 1.88. The second-order valence-electron chi connectivity index (χ2n) is 2.67. The van der Waals surface area contributed by atoms with Crippen molar-refractivity contribution < 1.29 is 9.90 Å². The molecule has 0 aromatic heterocycles. The second kappa shape index (κ2) is 2.82. The topological polar surface area (TPSA) is 49.7 Å². The molecule has 1 N–H and O–H groups in total. The van der Waals surface area contributed by atoms with Crippen LogP contribution in [-0.4, -0.2) is 24.3 Å². The summed E-state index contributed by atoms with van der Waals surface area (Å²) in [5.74, 6) is -0.352. The van der Waals surface area contributed by atoms with Gasteiger partial charge < -0.3 is 10.1 Å². The maximum absolute atomic E-state index is 10.3. The molecule has 3 heteroatoms. The van der Waals surface area contributed by atoms with Crippen LogP contribution in [0.1, 0.15) is 12.8 Å². The summed E-state index contributed by atoms with van der Waals surface area (Å²) in [5.41, 5.74) is 0. The van der Waals surface area contributed by atoms with Crippen molar-refractivity contribution in [2.75, 3.05) is 7.05 Å². The Labute approximate surface area is 59.8 Å². The minimum Gasteiger partial charge on any atom is -0.481 e. The third kappa shape index (κ3) is 1.35. The molecule has 10 heavy (non-hydrogen) atoms. The SMILES string of the molecule is CN=CC1CC(C(=O)O)C1. The highest BCUT2D eigenvalue weighted by Gasteiger charge is 2.32. The van der Waals surface area contributed by atoms with Gasteiger partial charge in [-0.1, -0.05) is 0 Å². The van der Waals surface area contributed by atoms with Crippen LogP contribution in [-0.2, 0) is 4.79 Å². The van der Waals surface area contributed by atoms with Crippen LogP contribution in [0.25, 0.3) is 0 Å². The quantitative estimate of drug-likeness (QED) is 0.578. The number of hydrogen-bond donors (Lipinski definition) is 1. The molecule has 1 fully saturated rings. The predicted octanol–water partition coefficient (Wildman–Crippen LogP) is 0.798. The molecule has 0 bridgehead atoms. The van der Waals surface area contributed by atoms with E-state index in [2.05, 4.69) is 4.99 Å². The Kier molecular flexibility index (Phi) is 2.04. The van der Waals surface area contributed by atoms with Gasteiger partial charge in [0.15, 0.2) is 0 Å². The molecule has 0 amide bonds. The van der Waals surface area contributed by atoms with Crippen molar-refractivity contribution in [3.05, 3.63) is 0 Å². The van der Waals surface area contributed by atoms with Gasteiger partial charge in [-0.25, -0.2) is 0 Å². The molecule has 0 aromatic rings. The largest absolute Gasteiger partial charge is 0.481 e. The summed E-state index contributed by atoms with van der Waals surface area (Å²) >= 11 is 0. The number of nitrogens with zero attached hydrogens (tertiary/aromatic N) is 1. The number of rotatable bonds is 2. The fraction of sp³-hybridized carbons (Fsp3) is 0.714. The van der Waals surface area contributed by atoms with Gasteiger partial charge in [0.05, 0.1) is 5.92 Å². The molecular formula is C7H11NO2. The van der Waals surface area contributed by atoms with Gasteiger partial charge in [-0.2, -0.15) is 0 Å². The van der Waals surface area contributed by atoms with E-state index in [9.17, 15) is 4.79 Å². The van der Waals surface area contributed by atoms with Gasteiger partial charge in [0.1, 0.15) is 0 Å². The third-order valence-electron chi connectivity index (χ3n) is 1.88. The summed E-state index contributed by atoms with van der Waals surface area (Å²) < 4.78 is 0. The van der Waals surface area contributed by atoms with Crippen LogP contribution in [0.5, 0.6) is 0 Å². The first-order chi connectivity index (χ1) is 4.74. The van der Waals surface area contributed by atoms with E-state index in [-0.39, 0.29) is 5.92 Å². The second-order valence-corrected chi connectivity index (χ2v) is 2.67. The lowest BCUT2D eigenvalue weighted by atomic mass is 9.76. The van der Waals surface area contributed by atoms with E-state index in [0.29, 0.717) is 5.92 Å². The Morgan fingerprint density at radius 2 is 2.30 bits per heavy atom. The summed E-state index contributed by atoms with van der Waals surface area (Å²) in [5, 5.41) is 8.47. The van der Waals surface area contributed by atoms with Gasteiger partial charge in [-0.3, -0.25) is 4.79 Å². The van der Waals surface area contributed by atoms with Crippen molar-refractivity contribution in [1.29, 1.82) is 0 Å². The van der Waals surface area contributed by atoms with Crippen LogP contribution in [0, 0.1) is 11.8 Å². The minimum absolute atomic E-state index is 0.108. The zero-order valence-electron chi connectivity index (χ0n) is 5.95. The maximum Gasteiger partial charge on any atom is 0.306 e. The lowest BCUT2D eigenvalue weighted by Gasteiger charge is -2.28. The molecule has 1 aliphatic rings. The maximum atomic E-state index is 10.3. The van der Waals surface area contributed by atoms with Crippen LogP contribution >= 0.6 is 0 Å². The first kappa shape index (κ1) is 7.25. The highest BCUT2D eigenvalue weighted by molar-refractivity contribution is 5.74. The van der Waals surface area contributed by atoms with Crippen molar-refractivity contribution in [2.45, 2.75) is 12.8 Å². The number of carbonyl (C=O) groups is 1. The van der Waals surface area contributed by atoms with Crippen molar-refractivity contribution in [3.63, 3.8) is 0 Å². The number of hydrogen-bond acceptors (Lipinski definition) is 2. The van der Waals surface area contributed by atoms with E-state index in [0.717, 1.165) is 12.8 Å². The summed E-state index contributed by atoms with van der Waals surface area (Å²) in [7, 11) is 1.72. The Morgan fingerprint density at radius 3 is 2.70 bits per heavy atom. The molecule has 0 aromatic carbocycles. The average molecular weight is 141 g/mol. The number of carboxylic acids is 1. The highest BCUT2D eigenvalue weighted by Crippen LogP contribution is 2.32.